The second-order valence-electron chi connectivity index (χ2n) is 11.6. The summed E-state index contributed by atoms with van der Waals surface area (Å²) in [6.45, 7) is 5.46. The van der Waals surface area contributed by atoms with Gasteiger partial charge in [0.15, 0.2) is 0 Å². The van der Waals surface area contributed by atoms with Gasteiger partial charge in [0.1, 0.15) is 0 Å². The average Bonchev–Trinajstić information content (AvgIpc) is 2.94. The van der Waals surface area contributed by atoms with Crippen LogP contribution in [0.4, 0.5) is 0 Å². The van der Waals surface area contributed by atoms with Crippen molar-refractivity contribution in [3.05, 3.63) is 12.2 Å². The summed E-state index contributed by atoms with van der Waals surface area (Å²) >= 11 is 0. The molecule has 4 nitrogen and oxygen atoms in total. The van der Waals surface area contributed by atoms with Crippen molar-refractivity contribution in [3.8, 4) is 0 Å². The van der Waals surface area contributed by atoms with E-state index in [1.807, 2.05) is 12.2 Å². The van der Waals surface area contributed by atoms with Crippen molar-refractivity contribution >= 4 is 11.9 Å². The van der Waals surface area contributed by atoms with Crippen LogP contribution in [-0.2, 0) is 19.1 Å². The first-order valence-corrected chi connectivity index (χ1v) is 16.7. The Morgan fingerprint density at radius 3 is 1.03 bits per heavy atom. The molecule has 0 N–H and O–H groups in total. The van der Waals surface area contributed by atoms with Crippen molar-refractivity contribution in [2.75, 3.05) is 13.2 Å². The second kappa shape index (κ2) is 25.9. The fourth-order valence-electron chi connectivity index (χ4n) is 5.43. The zero-order chi connectivity index (χ0) is 27.5. The van der Waals surface area contributed by atoms with Gasteiger partial charge in [0.05, 0.1) is 25.0 Å². The van der Waals surface area contributed by atoms with Gasteiger partial charge < -0.3 is 9.47 Å². The normalized spacial score (nSPS) is 17.0. The number of carbonyl (C=O) groups excluding carboxylic acids is 2. The van der Waals surface area contributed by atoms with Gasteiger partial charge in [-0.2, -0.15) is 0 Å². The molecular weight excluding hydrogens is 472 g/mol. The summed E-state index contributed by atoms with van der Waals surface area (Å²) in [6, 6.07) is 0. The first-order valence-electron chi connectivity index (χ1n) is 16.7. The van der Waals surface area contributed by atoms with Crippen molar-refractivity contribution < 1.29 is 19.1 Å². The third-order valence-electron chi connectivity index (χ3n) is 8.02. The van der Waals surface area contributed by atoms with Crippen LogP contribution in [0.1, 0.15) is 168 Å². The number of ether oxygens (including phenoxy) is 2. The third-order valence-corrected chi connectivity index (χ3v) is 8.02. The van der Waals surface area contributed by atoms with Gasteiger partial charge in [0.25, 0.3) is 0 Å². The molecule has 222 valence electrons. The fourth-order valence-corrected chi connectivity index (χ4v) is 5.43. The van der Waals surface area contributed by atoms with E-state index in [1.165, 1.54) is 116 Å². The van der Waals surface area contributed by atoms with Crippen LogP contribution in [0, 0.1) is 11.8 Å². The van der Waals surface area contributed by atoms with E-state index in [1.54, 1.807) is 0 Å². The van der Waals surface area contributed by atoms with E-state index >= 15 is 0 Å². The smallest absolute Gasteiger partial charge is 0.310 e. The lowest BCUT2D eigenvalue weighted by Gasteiger charge is -2.25. The van der Waals surface area contributed by atoms with E-state index in [4.69, 9.17) is 9.47 Å². The van der Waals surface area contributed by atoms with Gasteiger partial charge in [-0.1, -0.05) is 154 Å². The number of hydrogen-bond acceptors (Lipinski definition) is 4. The molecule has 2 atom stereocenters. The summed E-state index contributed by atoms with van der Waals surface area (Å²) in [5.41, 5.74) is 0. The largest absolute Gasteiger partial charge is 0.465 e. The molecule has 0 aromatic rings. The molecule has 0 aliphatic heterocycles. The van der Waals surface area contributed by atoms with Crippen molar-refractivity contribution in [3.63, 3.8) is 0 Å². The summed E-state index contributed by atoms with van der Waals surface area (Å²) in [7, 11) is 0. The molecule has 1 aliphatic carbocycles. The first kappa shape index (κ1) is 34.7. The Bertz CT molecular complexity index is 535. The molecule has 0 fully saturated rings. The monoisotopic (exact) mass is 534 g/mol. The van der Waals surface area contributed by atoms with Crippen molar-refractivity contribution in [2.24, 2.45) is 11.8 Å². The highest BCUT2D eigenvalue weighted by Crippen LogP contribution is 2.28. The molecule has 1 aliphatic rings. The fraction of sp³-hybridized carbons (Fsp3) is 0.882. The number of carbonyl (C=O) groups is 2. The average molecular weight is 535 g/mol. The zero-order valence-corrected chi connectivity index (χ0v) is 25.3. The Morgan fingerprint density at radius 2 is 0.737 bits per heavy atom. The van der Waals surface area contributed by atoms with Gasteiger partial charge in [-0.05, 0) is 25.7 Å². The van der Waals surface area contributed by atoms with Crippen LogP contribution in [0.15, 0.2) is 12.2 Å². The molecule has 2 unspecified atom stereocenters. The lowest BCUT2D eigenvalue weighted by Crippen LogP contribution is -2.34. The lowest BCUT2D eigenvalue weighted by molar-refractivity contribution is -0.161. The summed E-state index contributed by atoms with van der Waals surface area (Å²) < 4.78 is 11.2. The van der Waals surface area contributed by atoms with Crippen LogP contribution in [0.5, 0.6) is 0 Å². The Labute approximate surface area is 236 Å². The minimum absolute atomic E-state index is 0.224. The van der Waals surface area contributed by atoms with Crippen molar-refractivity contribution in [1.82, 2.24) is 0 Å². The molecule has 0 saturated heterocycles. The van der Waals surface area contributed by atoms with E-state index < -0.39 is 11.8 Å². The van der Waals surface area contributed by atoms with Crippen molar-refractivity contribution in [1.29, 1.82) is 0 Å². The van der Waals surface area contributed by atoms with Crippen molar-refractivity contribution in [2.45, 2.75) is 168 Å². The molecule has 0 aromatic heterocycles. The SMILES string of the molecule is CCCCCCCCCCCCCOC(=O)C1CC=CCC1C(=O)OCCCCCCCCCCCCC. The maximum atomic E-state index is 12.7. The Hall–Kier alpha value is -1.32. The van der Waals surface area contributed by atoms with Crippen LogP contribution >= 0.6 is 0 Å². The molecule has 0 amide bonds. The molecule has 0 aromatic carbocycles. The molecule has 0 saturated carbocycles. The summed E-state index contributed by atoms with van der Waals surface area (Å²) in [5, 5.41) is 0. The van der Waals surface area contributed by atoms with E-state index in [0.717, 1.165) is 25.7 Å². The van der Waals surface area contributed by atoms with E-state index in [0.29, 0.717) is 26.1 Å². The molecule has 0 heterocycles. The number of hydrogen-bond donors (Lipinski definition) is 0. The highest BCUT2D eigenvalue weighted by Gasteiger charge is 2.36. The third kappa shape index (κ3) is 18.9. The van der Waals surface area contributed by atoms with Crippen LogP contribution in [0.3, 0.4) is 0 Å². The number of allylic oxidation sites excluding steroid dienone is 2. The van der Waals surface area contributed by atoms with E-state index in [9.17, 15) is 9.59 Å². The van der Waals surface area contributed by atoms with Crippen LogP contribution < -0.4 is 0 Å². The highest BCUT2D eigenvalue weighted by molar-refractivity contribution is 5.82. The summed E-state index contributed by atoms with van der Waals surface area (Å²) in [4.78, 5) is 25.4. The number of unbranched alkanes of at least 4 members (excludes halogenated alkanes) is 20. The molecule has 0 radical (unpaired) electrons. The second-order valence-corrected chi connectivity index (χ2v) is 11.6. The summed E-state index contributed by atoms with van der Waals surface area (Å²) in [5.74, 6) is -1.23. The van der Waals surface area contributed by atoms with E-state index in [2.05, 4.69) is 13.8 Å². The number of rotatable bonds is 26. The Balaban J connectivity index is 2.06. The topological polar surface area (TPSA) is 52.6 Å². The molecule has 1 rings (SSSR count). The van der Waals surface area contributed by atoms with Crippen LogP contribution in [0.25, 0.3) is 0 Å². The molecule has 4 heteroatoms. The molecule has 0 spiro atoms. The quantitative estimate of drug-likeness (QED) is 0.0629. The molecule has 0 bridgehead atoms. The molecular formula is C34H62O4. The van der Waals surface area contributed by atoms with Crippen LogP contribution in [-0.4, -0.2) is 25.2 Å². The predicted octanol–water partition coefficient (Wildman–Crippen LogP) is 10.3. The standard InChI is InChI=1S/C34H62O4/c1-3-5-7-9-11-13-15-17-19-21-25-29-37-33(35)31-27-23-24-28-32(31)34(36)38-30-26-22-20-18-16-14-12-10-8-6-4-2/h23-24,31-32H,3-22,25-30H2,1-2H3. The van der Waals surface area contributed by atoms with Gasteiger partial charge in [-0.25, -0.2) is 0 Å². The van der Waals surface area contributed by atoms with Gasteiger partial charge in [-0.3, -0.25) is 9.59 Å². The zero-order valence-electron chi connectivity index (χ0n) is 25.3. The maximum absolute atomic E-state index is 12.7. The highest BCUT2D eigenvalue weighted by atomic mass is 16.5. The maximum Gasteiger partial charge on any atom is 0.310 e. The first-order chi connectivity index (χ1) is 18.7. The molecule has 38 heavy (non-hydrogen) atoms. The minimum atomic E-state index is -0.391. The van der Waals surface area contributed by atoms with Gasteiger partial charge in [-0.15, -0.1) is 0 Å². The Morgan fingerprint density at radius 1 is 0.474 bits per heavy atom. The summed E-state index contributed by atoms with van der Waals surface area (Å²) in [6.07, 6.45) is 33.2. The van der Waals surface area contributed by atoms with Gasteiger partial charge in [0, 0.05) is 0 Å². The predicted molar refractivity (Wildman–Crippen MR) is 160 cm³/mol. The lowest BCUT2D eigenvalue weighted by atomic mass is 9.83. The minimum Gasteiger partial charge on any atom is -0.465 e. The Kier molecular flexibility index (Phi) is 23.7. The van der Waals surface area contributed by atoms with Gasteiger partial charge >= 0.3 is 11.9 Å². The van der Waals surface area contributed by atoms with Gasteiger partial charge in [0.2, 0.25) is 0 Å². The number of esters is 2. The van der Waals surface area contributed by atoms with E-state index in [-0.39, 0.29) is 11.9 Å². The van der Waals surface area contributed by atoms with Crippen LogP contribution in [0.2, 0.25) is 0 Å².